The molecule has 0 amide bonds. The van der Waals surface area contributed by atoms with Crippen molar-refractivity contribution in [2.45, 2.75) is 0 Å². The Kier molecular flexibility index (Phi) is 3.39. The van der Waals surface area contributed by atoms with Gasteiger partial charge in [0, 0.05) is 33.8 Å². The molecule has 1 rings (SSSR count). The minimum Gasteiger partial charge on any atom is -0.399 e. The maximum absolute atomic E-state index is 5.37. The number of nitrogen functional groups attached to an aromatic ring is 2. The Balaban J connectivity index is 0.000000640. The van der Waals surface area contributed by atoms with E-state index in [-0.39, 0.29) is 22.4 Å². The van der Waals surface area contributed by atoms with Gasteiger partial charge in [-0.3, -0.25) is 0 Å². The first-order valence-electron chi connectivity index (χ1n) is 2.40. The summed E-state index contributed by atoms with van der Waals surface area (Å²) in [6.45, 7) is 0. The van der Waals surface area contributed by atoms with E-state index in [0.29, 0.717) is 0 Å². The van der Waals surface area contributed by atoms with Crippen molar-refractivity contribution in [2.75, 3.05) is 11.5 Å². The molecule has 2 nitrogen and oxygen atoms in total. The number of nitrogens with two attached hydrogens (primary N) is 2. The fraction of sp³-hybridized carbons (Fsp3) is 0. The van der Waals surface area contributed by atoms with Crippen LogP contribution in [0, 0.1) is 0 Å². The predicted octanol–water partition coefficient (Wildman–Crippen LogP) is 0.849. The standard InChI is InChI=1S/C6H8N2.Ag/c7-5-1-2-6(8)4-3-5;/h1-4H,7-8H2;. The first kappa shape index (κ1) is 8.56. The quantitative estimate of drug-likeness (QED) is 0.498. The van der Waals surface area contributed by atoms with Gasteiger partial charge < -0.3 is 11.5 Å². The second-order valence-corrected chi connectivity index (χ2v) is 1.67. The summed E-state index contributed by atoms with van der Waals surface area (Å²) < 4.78 is 0. The van der Waals surface area contributed by atoms with Crippen molar-refractivity contribution in [3.8, 4) is 0 Å². The topological polar surface area (TPSA) is 52.0 Å². The van der Waals surface area contributed by atoms with Crippen LogP contribution in [0.15, 0.2) is 24.3 Å². The summed E-state index contributed by atoms with van der Waals surface area (Å²) in [5.74, 6) is 0. The molecule has 53 valence electrons. The van der Waals surface area contributed by atoms with Gasteiger partial charge >= 0.3 is 0 Å². The monoisotopic (exact) mass is 215 g/mol. The molecule has 0 saturated carbocycles. The number of anilines is 2. The predicted molar refractivity (Wildman–Crippen MR) is 35.3 cm³/mol. The SMILES string of the molecule is Nc1ccc(N)cc1.[Ag]. The zero-order valence-electron chi connectivity index (χ0n) is 4.77. The Bertz CT molecular complexity index is 150. The van der Waals surface area contributed by atoms with E-state index in [0.717, 1.165) is 11.4 Å². The molecule has 0 aliphatic carbocycles. The summed E-state index contributed by atoms with van der Waals surface area (Å²) in [6, 6.07) is 7.09. The normalized spacial score (nSPS) is 8.00. The Labute approximate surface area is 69.7 Å². The largest absolute Gasteiger partial charge is 0.399 e. The third-order valence-corrected chi connectivity index (χ3v) is 0.936. The van der Waals surface area contributed by atoms with Crippen molar-refractivity contribution in [2.24, 2.45) is 0 Å². The van der Waals surface area contributed by atoms with E-state index in [1.165, 1.54) is 0 Å². The van der Waals surface area contributed by atoms with E-state index < -0.39 is 0 Å². The molecule has 0 aliphatic heterocycles. The van der Waals surface area contributed by atoms with Crippen LogP contribution in [-0.4, -0.2) is 0 Å². The van der Waals surface area contributed by atoms with E-state index >= 15 is 0 Å². The maximum Gasteiger partial charge on any atom is 0.0315 e. The molecule has 0 aliphatic rings. The third-order valence-electron chi connectivity index (χ3n) is 0.936. The molecular weight excluding hydrogens is 208 g/mol. The molecule has 0 atom stereocenters. The Morgan fingerprint density at radius 3 is 1.22 bits per heavy atom. The van der Waals surface area contributed by atoms with E-state index in [2.05, 4.69) is 0 Å². The van der Waals surface area contributed by atoms with Crippen LogP contribution >= 0.6 is 0 Å². The molecule has 0 spiro atoms. The van der Waals surface area contributed by atoms with Crippen LogP contribution in [0.3, 0.4) is 0 Å². The van der Waals surface area contributed by atoms with Gasteiger partial charge in [0.1, 0.15) is 0 Å². The molecule has 3 heteroatoms. The van der Waals surface area contributed by atoms with Gasteiger partial charge in [-0.15, -0.1) is 0 Å². The zero-order chi connectivity index (χ0) is 5.98. The van der Waals surface area contributed by atoms with Crippen LogP contribution in [0.5, 0.6) is 0 Å². The summed E-state index contributed by atoms with van der Waals surface area (Å²) in [5.41, 5.74) is 12.2. The number of hydrogen-bond acceptors (Lipinski definition) is 2. The molecule has 0 unspecified atom stereocenters. The second-order valence-electron chi connectivity index (χ2n) is 1.67. The molecule has 0 aromatic heterocycles. The van der Waals surface area contributed by atoms with Crippen molar-refractivity contribution >= 4 is 11.4 Å². The molecule has 4 N–H and O–H groups in total. The fourth-order valence-electron chi connectivity index (χ4n) is 0.496. The van der Waals surface area contributed by atoms with Crippen LogP contribution in [-0.2, 0) is 22.4 Å². The van der Waals surface area contributed by atoms with Crippen molar-refractivity contribution in [3.05, 3.63) is 24.3 Å². The fourth-order valence-corrected chi connectivity index (χ4v) is 0.496. The Morgan fingerprint density at radius 2 is 1.00 bits per heavy atom. The summed E-state index contributed by atoms with van der Waals surface area (Å²) >= 11 is 0. The van der Waals surface area contributed by atoms with Crippen LogP contribution < -0.4 is 11.5 Å². The van der Waals surface area contributed by atoms with E-state index in [4.69, 9.17) is 11.5 Å². The molecule has 1 aromatic rings. The van der Waals surface area contributed by atoms with E-state index in [9.17, 15) is 0 Å². The maximum atomic E-state index is 5.37. The summed E-state index contributed by atoms with van der Waals surface area (Å²) in [4.78, 5) is 0. The average Bonchev–Trinajstić information content (AvgIpc) is 1.77. The minimum atomic E-state index is 0. The molecule has 1 aromatic carbocycles. The van der Waals surface area contributed by atoms with Crippen LogP contribution in [0.25, 0.3) is 0 Å². The molecular formula is C6H8AgN2. The summed E-state index contributed by atoms with van der Waals surface area (Å²) in [6.07, 6.45) is 0. The molecule has 9 heavy (non-hydrogen) atoms. The summed E-state index contributed by atoms with van der Waals surface area (Å²) in [7, 11) is 0. The van der Waals surface area contributed by atoms with Gasteiger partial charge in [0.15, 0.2) is 0 Å². The smallest absolute Gasteiger partial charge is 0.0315 e. The number of hydrogen-bond donors (Lipinski definition) is 2. The van der Waals surface area contributed by atoms with Gasteiger partial charge in [-0.2, -0.15) is 0 Å². The van der Waals surface area contributed by atoms with Crippen LogP contribution in [0.4, 0.5) is 11.4 Å². The van der Waals surface area contributed by atoms with Crippen molar-refractivity contribution < 1.29 is 22.4 Å². The molecule has 1 radical (unpaired) electrons. The minimum absolute atomic E-state index is 0. The van der Waals surface area contributed by atoms with Crippen LogP contribution in [0.2, 0.25) is 0 Å². The van der Waals surface area contributed by atoms with Gasteiger partial charge in [-0.1, -0.05) is 0 Å². The third kappa shape index (κ3) is 2.56. The van der Waals surface area contributed by atoms with Gasteiger partial charge in [-0.25, -0.2) is 0 Å². The molecule has 0 fully saturated rings. The van der Waals surface area contributed by atoms with Gasteiger partial charge in [0.25, 0.3) is 0 Å². The van der Waals surface area contributed by atoms with Crippen molar-refractivity contribution in [3.63, 3.8) is 0 Å². The Hall–Kier alpha value is -0.440. The molecule has 0 saturated heterocycles. The zero-order valence-corrected chi connectivity index (χ0v) is 6.25. The van der Waals surface area contributed by atoms with E-state index in [1.807, 2.05) is 0 Å². The Morgan fingerprint density at radius 1 is 0.778 bits per heavy atom. The van der Waals surface area contributed by atoms with Gasteiger partial charge in [-0.05, 0) is 24.3 Å². The van der Waals surface area contributed by atoms with Gasteiger partial charge in [0.05, 0.1) is 0 Å². The number of benzene rings is 1. The first-order valence-corrected chi connectivity index (χ1v) is 2.40. The average molecular weight is 216 g/mol. The molecule has 0 bridgehead atoms. The van der Waals surface area contributed by atoms with Crippen molar-refractivity contribution in [1.82, 2.24) is 0 Å². The first-order chi connectivity index (χ1) is 3.79. The van der Waals surface area contributed by atoms with Gasteiger partial charge in [0.2, 0.25) is 0 Å². The van der Waals surface area contributed by atoms with E-state index in [1.54, 1.807) is 24.3 Å². The van der Waals surface area contributed by atoms with Crippen molar-refractivity contribution in [1.29, 1.82) is 0 Å². The van der Waals surface area contributed by atoms with Crippen LogP contribution in [0.1, 0.15) is 0 Å². The number of rotatable bonds is 0. The molecule has 0 heterocycles. The summed E-state index contributed by atoms with van der Waals surface area (Å²) in [5, 5.41) is 0. The second kappa shape index (κ2) is 3.56.